The van der Waals surface area contributed by atoms with E-state index < -0.39 is 36.2 Å². The normalized spacial score (nSPS) is 21.2. The molecule has 9 heteroatoms. The molecule has 2 heterocycles. The first-order chi connectivity index (χ1) is 16.7. The van der Waals surface area contributed by atoms with Crippen molar-refractivity contribution in [3.63, 3.8) is 0 Å². The van der Waals surface area contributed by atoms with Crippen molar-refractivity contribution >= 4 is 23.1 Å². The van der Waals surface area contributed by atoms with Crippen molar-refractivity contribution in [2.24, 2.45) is 16.9 Å². The molecule has 6 nitrogen and oxygen atoms in total. The predicted octanol–water partition coefficient (Wildman–Crippen LogP) is 5.37. The summed E-state index contributed by atoms with van der Waals surface area (Å²) in [5.41, 5.74) is 1.80. The molecular weight excluding hydrogens is 459 g/mol. The first-order valence-electron chi connectivity index (χ1n) is 11.8. The van der Waals surface area contributed by atoms with Crippen molar-refractivity contribution in [2.45, 2.75) is 44.8 Å². The largest absolute Gasteiger partial charge is 0.497 e. The third-order valence-corrected chi connectivity index (χ3v) is 6.97. The summed E-state index contributed by atoms with van der Waals surface area (Å²) in [5.74, 6) is -0.818. The molecule has 2 aromatic rings. The first-order valence-corrected chi connectivity index (χ1v) is 11.8. The molecule has 2 aliphatic rings. The van der Waals surface area contributed by atoms with Crippen molar-refractivity contribution in [2.75, 3.05) is 30.1 Å². The van der Waals surface area contributed by atoms with E-state index in [2.05, 4.69) is 16.1 Å². The highest BCUT2D eigenvalue weighted by Gasteiger charge is 2.48. The maximum atomic E-state index is 13.4. The van der Waals surface area contributed by atoms with Crippen molar-refractivity contribution in [3.8, 4) is 5.75 Å². The highest BCUT2D eigenvalue weighted by atomic mass is 19.4. The van der Waals surface area contributed by atoms with E-state index in [4.69, 9.17) is 4.74 Å². The Hall–Kier alpha value is -3.23. The number of carboxylic acids is 1. The predicted molar refractivity (Wildman–Crippen MR) is 129 cm³/mol. The van der Waals surface area contributed by atoms with Crippen LogP contribution in [0.2, 0.25) is 0 Å². The van der Waals surface area contributed by atoms with Gasteiger partial charge in [0.15, 0.2) is 0 Å². The van der Waals surface area contributed by atoms with Crippen molar-refractivity contribution in [1.82, 2.24) is 0 Å². The Morgan fingerprint density at radius 3 is 2.40 bits per heavy atom. The third-order valence-electron chi connectivity index (χ3n) is 6.97. The number of nitrogens with zero attached hydrogens (tertiary/aromatic N) is 3. The van der Waals surface area contributed by atoms with E-state index in [1.165, 1.54) is 11.9 Å². The monoisotopic (exact) mass is 489 g/mol. The third kappa shape index (κ3) is 5.71. The van der Waals surface area contributed by atoms with Crippen molar-refractivity contribution in [3.05, 3.63) is 54.1 Å². The lowest BCUT2D eigenvalue weighted by atomic mass is 9.90. The molecule has 35 heavy (non-hydrogen) atoms. The molecule has 0 aromatic heterocycles. The summed E-state index contributed by atoms with van der Waals surface area (Å²) in [6, 6.07) is 14.5. The zero-order valence-corrected chi connectivity index (χ0v) is 19.8. The van der Waals surface area contributed by atoms with Crippen LogP contribution in [0, 0.1) is 11.8 Å². The second-order valence-corrected chi connectivity index (χ2v) is 9.28. The molecule has 1 fully saturated rings. The molecule has 0 bridgehead atoms. The van der Waals surface area contributed by atoms with Gasteiger partial charge in [0.25, 0.3) is 0 Å². The summed E-state index contributed by atoms with van der Waals surface area (Å²) in [6.07, 6.45) is -2.04. The molecule has 0 aliphatic carbocycles. The molecule has 0 saturated carbocycles. The van der Waals surface area contributed by atoms with Crippen molar-refractivity contribution < 1.29 is 27.8 Å². The number of hydrogen-bond donors (Lipinski definition) is 1. The van der Waals surface area contributed by atoms with Crippen LogP contribution in [0.5, 0.6) is 5.75 Å². The summed E-state index contributed by atoms with van der Waals surface area (Å²) in [5, 5.41) is 14.2. The molecule has 0 radical (unpaired) electrons. The first kappa shape index (κ1) is 24.9. The van der Waals surface area contributed by atoms with Gasteiger partial charge in [0, 0.05) is 30.8 Å². The lowest BCUT2D eigenvalue weighted by Crippen LogP contribution is -2.36. The maximum Gasteiger partial charge on any atom is 0.431 e. The molecule has 1 saturated heterocycles. The fraction of sp³-hybridized carbons (Fsp3) is 0.462. The quantitative estimate of drug-likeness (QED) is 0.566. The van der Waals surface area contributed by atoms with Crippen LogP contribution >= 0.6 is 0 Å². The van der Waals surface area contributed by atoms with Crippen molar-refractivity contribution in [1.29, 1.82) is 0 Å². The summed E-state index contributed by atoms with van der Waals surface area (Å²) in [4.78, 5) is 13.6. The van der Waals surface area contributed by atoms with Crippen LogP contribution in [-0.4, -0.2) is 49.2 Å². The molecule has 0 amide bonds. The number of halogens is 3. The average Bonchev–Trinajstić information content (AvgIpc) is 3.16. The average molecular weight is 490 g/mol. The van der Waals surface area contributed by atoms with Crippen LogP contribution in [0.4, 0.5) is 24.5 Å². The van der Waals surface area contributed by atoms with E-state index in [1.54, 1.807) is 19.2 Å². The highest BCUT2D eigenvalue weighted by molar-refractivity contribution is 5.95. The van der Waals surface area contributed by atoms with E-state index >= 15 is 0 Å². The Morgan fingerprint density at radius 1 is 1.11 bits per heavy atom. The van der Waals surface area contributed by atoms with Gasteiger partial charge < -0.3 is 14.7 Å². The Morgan fingerprint density at radius 2 is 1.80 bits per heavy atom. The number of rotatable bonds is 7. The van der Waals surface area contributed by atoms with E-state index in [1.807, 2.05) is 30.3 Å². The Bertz CT molecular complexity index is 1060. The molecule has 2 aromatic carbocycles. The number of carboxylic acid groups (broad SMARTS) is 1. The van der Waals surface area contributed by atoms with E-state index in [0.29, 0.717) is 11.6 Å². The van der Waals surface area contributed by atoms with E-state index in [9.17, 15) is 23.1 Å². The van der Waals surface area contributed by atoms with Gasteiger partial charge in [-0.2, -0.15) is 18.3 Å². The zero-order chi connectivity index (χ0) is 25.2. The van der Waals surface area contributed by atoms with Gasteiger partial charge in [-0.25, -0.2) is 0 Å². The standard InChI is InChI=1S/C26H30F3N3O3/c1-17-23(16-24(33)34)32(30-25(17)26(27,28)29)20-8-6-18(7-9-20)14-19-10-12-31(13-11-19)21-4-3-5-22(15-21)35-2/h3-9,15,17,19,23H,10-14,16H2,1-2H3,(H,33,34)/t17-,23-/m0/s1. The highest BCUT2D eigenvalue weighted by Crippen LogP contribution is 2.36. The smallest absolute Gasteiger partial charge is 0.431 e. The van der Waals surface area contributed by atoms with Gasteiger partial charge in [0.05, 0.1) is 25.3 Å². The molecular formula is C26H30F3N3O3. The van der Waals surface area contributed by atoms with Crippen LogP contribution in [-0.2, 0) is 11.2 Å². The van der Waals surface area contributed by atoms with Crippen LogP contribution < -0.4 is 14.6 Å². The number of carbonyl (C=O) groups is 1. The minimum atomic E-state index is -4.59. The minimum Gasteiger partial charge on any atom is -0.497 e. The zero-order valence-electron chi connectivity index (χ0n) is 19.8. The molecule has 188 valence electrons. The molecule has 2 atom stereocenters. The lowest BCUT2D eigenvalue weighted by molar-refractivity contribution is -0.137. The number of anilines is 2. The topological polar surface area (TPSA) is 65.4 Å². The second-order valence-electron chi connectivity index (χ2n) is 9.28. The van der Waals surface area contributed by atoms with Crippen LogP contribution in [0.15, 0.2) is 53.6 Å². The molecule has 2 aliphatic heterocycles. The van der Waals surface area contributed by atoms with Gasteiger partial charge in [-0.15, -0.1) is 0 Å². The van der Waals surface area contributed by atoms with Gasteiger partial charge in [-0.3, -0.25) is 9.80 Å². The van der Waals surface area contributed by atoms with Crippen LogP contribution in [0.25, 0.3) is 0 Å². The Balaban J connectivity index is 1.40. The van der Waals surface area contributed by atoms with Crippen LogP contribution in [0.3, 0.4) is 0 Å². The van der Waals surface area contributed by atoms with Gasteiger partial charge in [0.1, 0.15) is 11.5 Å². The fourth-order valence-corrected chi connectivity index (χ4v) is 5.00. The Labute approximate surface area is 203 Å². The van der Waals surface area contributed by atoms with E-state index in [0.717, 1.165) is 49.4 Å². The number of benzene rings is 2. The summed E-state index contributed by atoms with van der Waals surface area (Å²) < 4.78 is 45.5. The SMILES string of the molecule is COc1cccc(N2CCC(Cc3ccc(N4N=C(C(F)(F)F)[C@@H](C)[C@@H]4CC(=O)O)cc3)CC2)c1. The van der Waals surface area contributed by atoms with Gasteiger partial charge >= 0.3 is 12.1 Å². The molecule has 0 unspecified atom stereocenters. The number of ether oxygens (including phenoxy) is 1. The maximum absolute atomic E-state index is 13.4. The number of hydrogen-bond acceptors (Lipinski definition) is 5. The number of aliphatic carboxylic acids is 1. The second kappa shape index (κ2) is 10.2. The molecule has 4 rings (SSSR count). The van der Waals surface area contributed by atoms with Gasteiger partial charge in [0.2, 0.25) is 0 Å². The fourth-order valence-electron chi connectivity index (χ4n) is 5.00. The molecule has 1 N–H and O–H groups in total. The van der Waals surface area contributed by atoms with Crippen LogP contribution in [0.1, 0.15) is 31.7 Å². The number of alkyl halides is 3. The summed E-state index contributed by atoms with van der Waals surface area (Å²) >= 11 is 0. The summed E-state index contributed by atoms with van der Waals surface area (Å²) in [6.45, 7) is 3.28. The van der Waals surface area contributed by atoms with Gasteiger partial charge in [-0.05, 0) is 55.0 Å². The summed E-state index contributed by atoms with van der Waals surface area (Å²) in [7, 11) is 1.66. The van der Waals surface area contributed by atoms with Gasteiger partial charge in [-0.1, -0.05) is 25.1 Å². The number of methoxy groups -OCH3 is 1. The number of piperidine rings is 1. The molecule has 0 spiro atoms. The minimum absolute atomic E-state index is 0.419. The Kier molecular flexibility index (Phi) is 7.23. The van der Waals surface area contributed by atoms with E-state index in [-0.39, 0.29) is 0 Å². The number of hydrazone groups is 1. The lowest BCUT2D eigenvalue weighted by Gasteiger charge is -2.34.